The van der Waals surface area contributed by atoms with Crippen molar-refractivity contribution in [2.45, 2.75) is 49.5 Å². The Labute approximate surface area is 98.7 Å². The number of ether oxygens (including phenoxy) is 4. The smallest absolute Gasteiger partial charge is 0.281 e. The van der Waals surface area contributed by atoms with Crippen LogP contribution in [0.5, 0.6) is 0 Å². The largest absolute Gasteiger partial charge is 0.387 e. The first kappa shape index (κ1) is 11.6. The molecular formula is C11H16O6. The first-order valence-corrected chi connectivity index (χ1v) is 5.68. The molecule has 4 aliphatic rings. The predicted octanol–water partition coefficient (Wildman–Crippen LogP) is -0.851. The van der Waals surface area contributed by atoms with E-state index in [1.807, 2.05) is 0 Å². The van der Waals surface area contributed by atoms with Crippen molar-refractivity contribution in [2.24, 2.45) is 0 Å². The molecule has 7 atom stereocenters. The van der Waals surface area contributed by atoms with Gasteiger partial charge in [-0.15, -0.1) is 6.58 Å². The summed E-state index contributed by atoms with van der Waals surface area (Å²) in [6, 6.07) is 0. The molecule has 96 valence electrons. The van der Waals surface area contributed by atoms with Crippen LogP contribution in [-0.2, 0) is 18.9 Å². The summed E-state index contributed by atoms with van der Waals surface area (Å²) >= 11 is 0. The number of aliphatic hydroxyl groups excluding tert-OH is 2. The van der Waals surface area contributed by atoms with Crippen LogP contribution >= 0.6 is 0 Å². The number of rotatable bonds is 3. The Morgan fingerprint density at radius 2 is 1.71 bits per heavy atom. The van der Waals surface area contributed by atoms with Gasteiger partial charge in [0.05, 0.1) is 6.61 Å². The van der Waals surface area contributed by atoms with Crippen LogP contribution in [0.2, 0.25) is 0 Å². The van der Waals surface area contributed by atoms with Crippen molar-refractivity contribution in [2.75, 3.05) is 6.61 Å². The van der Waals surface area contributed by atoms with E-state index in [1.54, 1.807) is 13.0 Å². The molecule has 3 unspecified atom stereocenters. The molecule has 1 saturated carbocycles. The highest BCUT2D eigenvalue weighted by molar-refractivity contribution is 5.08. The van der Waals surface area contributed by atoms with E-state index in [0.717, 1.165) is 0 Å². The molecule has 0 amide bonds. The van der Waals surface area contributed by atoms with E-state index in [4.69, 9.17) is 18.9 Å². The van der Waals surface area contributed by atoms with Crippen LogP contribution in [0.3, 0.4) is 0 Å². The van der Waals surface area contributed by atoms with Gasteiger partial charge in [-0.1, -0.05) is 6.08 Å². The van der Waals surface area contributed by atoms with Gasteiger partial charge in [-0.2, -0.15) is 0 Å². The van der Waals surface area contributed by atoms with Crippen LogP contribution < -0.4 is 0 Å². The van der Waals surface area contributed by atoms with Gasteiger partial charge in [-0.25, -0.2) is 0 Å². The Bertz CT molecular complexity index is 312. The highest BCUT2D eigenvalue weighted by atomic mass is 16.9. The lowest BCUT2D eigenvalue weighted by Gasteiger charge is -2.60. The minimum atomic E-state index is -1.19. The molecule has 0 aromatic rings. The van der Waals surface area contributed by atoms with Crippen LogP contribution in [0.25, 0.3) is 0 Å². The lowest BCUT2D eigenvalue weighted by Crippen LogP contribution is -2.78. The van der Waals surface area contributed by atoms with Gasteiger partial charge in [0.15, 0.2) is 0 Å². The molecule has 0 spiro atoms. The number of hydrogen-bond donors (Lipinski definition) is 2. The molecule has 3 saturated heterocycles. The van der Waals surface area contributed by atoms with Crippen molar-refractivity contribution in [3.8, 4) is 0 Å². The Balaban J connectivity index is 1.87. The summed E-state index contributed by atoms with van der Waals surface area (Å²) in [5.41, 5.74) is 0. The first-order valence-electron chi connectivity index (χ1n) is 5.68. The molecule has 4 rings (SSSR count). The van der Waals surface area contributed by atoms with E-state index in [9.17, 15) is 10.2 Å². The van der Waals surface area contributed by atoms with Gasteiger partial charge in [0.1, 0.15) is 36.6 Å². The van der Waals surface area contributed by atoms with Gasteiger partial charge in [0, 0.05) is 6.92 Å². The van der Waals surface area contributed by atoms with E-state index >= 15 is 0 Å². The third-order valence-electron chi connectivity index (χ3n) is 3.45. The van der Waals surface area contributed by atoms with Gasteiger partial charge < -0.3 is 29.2 Å². The molecule has 4 fully saturated rings. The predicted molar refractivity (Wildman–Crippen MR) is 55.0 cm³/mol. The summed E-state index contributed by atoms with van der Waals surface area (Å²) < 4.78 is 21.9. The van der Waals surface area contributed by atoms with Gasteiger partial charge in [-0.05, 0) is 0 Å². The first-order chi connectivity index (χ1) is 8.06. The SMILES string of the molecule is C=CCOC1[C@H]2OC3(C)OC([C@@H]2O)[C@H](O)[C@H]1O3. The summed E-state index contributed by atoms with van der Waals surface area (Å²) in [4.78, 5) is 0. The van der Waals surface area contributed by atoms with Crippen molar-refractivity contribution in [3.63, 3.8) is 0 Å². The molecule has 17 heavy (non-hydrogen) atoms. The van der Waals surface area contributed by atoms with Crippen LogP contribution in [0.4, 0.5) is 0 Å². The van der Waals surface area contributed by atoms with Gasteiger partial charge in [0.2, 0.25) is 0 Å². The second-order valence-corrected chi connectivity index (χ2v) is 4.68. The maximum atomic E-state index is 10.0. The lowest BCUT2D eigenvalue weighted by molar-refractivity contribution is -0.532. The average Bonchev–Trinajstić information content (AvgIpc) is 2.29. The summed E-state index contributed by atoms with van der Waals surface area (Å²) in [6.45, 7) is 5.50. The van der Waals surface area contributed by atoms with Crippen LogP contribution in [0.1, 0.15) is 6.92 Å². The number of aliphatic hydroxyl groups is 2. The molecule has 2 N–H and O–H groups in total. The van der Waals surface area contributed by atoms with E-state index in [0.29, 0.717) is 6.61 Å². The normalized spacial score (nSPS) is 56.2. The molecule has 6 heteroatoms. The van der Waals surface area contributed by atoms with Crippen LogP contribution in [0.15, 0.2) is 12.7 Å². The van der Waals surface area contributed by atoms with Gasteiger partial charge in [-0.3, -0.25) is 0 Å². The fraction of sp³-hybridized carbons (Fsp3) is 0.818. The topological polar surface area (TPSA) is 77.4 Å². The molecule has 3 aliphatic heterocycles. The highest BCUT2D eigenvalue weighted by Crippen LogP contribution is 2.45. The minimum absolute atomic E-state index is 0.312. The maximum Gasteiger partial charge on any atom is 0.281 e. The third-order valence-corrected chi connectivity index (χ3v) is 3.45. The lowest BCUT2D eigenvalue weighted by atomic mass is 9.82. The Morgan fingerprint density at radius 1 is 1.18 bits per heavy atom. The molecule has 3 heterocycles. The molecule has 6 nitrogen and oxygen atoms in total. The molecule has 0 aromatic heterocycles. The molecule has 4 bridgehead atoms. The Kier molecular flexibility index (Phi) is 2.55. The van der Waals surface area contributed by atoms with Crippen molar-refractivity contribution in [1.82, 2.24) is 0 Å². The van der Waals surface area contributed by atoms with Crippen molar-refractivity contribution >= 4 is 0 Å². The number of hydrogen-bond acceptors (Lipinski definition) is 6. The Morgan fingerprint density at radius 3 is 2.24 bits per heavy atom. The molecule has 1 aliphatic carbocycles. The third kappa shape index (κ3) is 1.56. The second-order valence-electron chi connectivity index (χ2n) is 4.68. The molecular weight excluding hydrogens is 228 g/mol. The molecule has 0 aromatic carbocycles. The van der Waals surface area contributed by atoms with E-state index in [2.05, 4.69) is 6.58 Å². The van der Waals surface area contributed by atoms with Crippen molar-refractivity contribution in [1.29, 1.82) is 0 Å². The summed E-state index contributed by atoms with van der Waals surface area (Å²) in [6.07, 6.45) is -2.49. The summed E-state index contributed by atoms with van der Waals surface area (Å²) in [7, 11) is 0. The standard InChI is InChI=1S/C11H16O6/c1-3-4-14-10-8-5(12)7-6(13)9(10)17-11(2,15-7)16-8/h3,5-10,12-13H,1,4H2,2H3/t5-,6-,7?,8-,9+,10?,11?/m0/s1. The van der Waals surface area contributed by atoms with E-state index in [-0.39, 0.29) is 0 Å². The fourth-order valence-electron chi connectivity index (χ4n) is 2.76. The average molecular weight is 244 g/mol. The summed E-state index contributed by atoms with van der Waals surface area (Å²) in [5, 5.41) is 20.0. The van der Waals surface area contributed by atoms with Crippen LogP contribution in [-0.4, -0.2) is 59.4 Å². The monoisotopic (exact) mass is 244 g/mol. The zero-order valence-corrected chi connectivity index (χ0v) is 9.48. The summed E-state index contributed by atoms with van der Waals surface area (Å²) in [5.74, 6) is -1.19. The zero-order valence-electron chi connectivity index (χ0n) is 9.48. The molecule has 0 radical (unpaired) electrons. The van der Waals surface area contributed by atoms with E-state index < -0.39 is 42.6 Å². The highest BCUT2D eigenvalue weighted by Gasteiger charge is 2.65. The fourth-order valence-corrected chi connectivity index (χ4v) is 2.76. The van der Waals surface area contributed by atoms with Gasteiger partial charge >= 0.3 is 0 Å². The van der Waals surface area contributed by atoms with Crippen LogP contribution in [0, 0.1) is 0 Å². The van der Waals surface area contributed by atoms with Crippen molar-refractivity contribution in [3.05, 3.63) is 12.7 Å². The van der Waals surface area contributed by atoms with Crippen molar-refractivity contribution < 1.29 is 29.2 Å². The quantitative estimate of drug-likeness (QED) is 0.630. The van der Waals surface area contributed by atoms with E-state index in [1.165, 1.54) is 0 Å². The maximum absolute atomic E-state index is 10.0. The second kappa shape index (κ2) is 3.74. The Hall–Kier alpha value is -0.500. The zero-order chi connectivity index (χ0) is 12.2. The minimum Gasteiger partial charge on any atom is -0.387 e. The van der Waals surface area contributed by atoms with Gasteiger partial charge in [0.25, 0.3) is 5.97 Å².